The number of carbonyl (C=O) groups excluding carboxylic acids is 1. The maximum Gasteiger partial charge on any atom is 0.339 e. The highest BCUT2D eigenvalue weighted by Crippen LogP contribution is 2.20. The van der Waals surface area contributed by atoms with E-state index in [1.54, 1.807) is 19.9 Å². The number of morpholine rings is 1. The van der Waals surface area contributed by atoms with Crippen LogP contribution < -0.4 is 16.2 Å². The molecule has 3 heterocycles. The molecule has 1 unspecified atom stereocenters. The van der Waals surface area contributed by atoms with Crippen LogP contribution in [0.15, 0.2) is 23.1 Å². The van der Waals surface area contributed by atoms with Crippen LogP contribution in [-0.4, -0.2) is 48.3 Å². The van der Waals surface area contributed by atoms with Crippen molar-refractivity contribution in [3.05, 3.63) is 39.8 Å². The molecule has 0 aliphatic carbocycles. The zero-order valence-electron chi connectivity index (χ0n) is 14.4. The summed E-state index contributed by atoms with van der Waals surface area (Å²) in [6.45, 7) is 6.33. The monoisotopic (exact) mass is 346 g/mol. The summed E-state index contributed by atoms with van der Waals surface area (Å²) in [5.41, 5.74) is 7.16. The number of esters is 1. The Hall–Kier alpha value is -2.45. The van der Waals surface area contributed by atoms with Gasteiger partial charge in [-0.3, -0.25) is 9.20 Å². The molecular weight excluding hydrogens is 324 g/mol. The maximum absolute atomic E-state index is 12.6. The van der Waals surface area contributed by atoms with Gasteiger partial charge in [0, 0.05) is 37.0 Å². The minimum Gasteiger partial charge on any atom is -0.462 e. The molecule has 134 valence electrons. The zero-order valence-corrected chi connectivity index (χ0v) is 14.4. The van der Waals surface area contributed by atoms with Crippen LogP contribution in [0.3, 0.4) is 0 Å². The van der Waals surface area contributed by atoms with Gasteiger partial charge < -0.3 is 20.1 Å². The molecule has 25 heavy (non-hydrogen) atoms. The largest absolute Gasteiger partial charge is 0.462 e. The molecule has 1 aliphatic rings. The Labute approximate surface area is 145 Å². The summed E-state index contributed by atoms with van der Waals surface area (Å²) in [5, 5.41) is 0. The van der Waals surface area contributed by atoms with Crippen molar-refractivity contribution >= 4 is 17.4 Å². The molecule has 2 aromatic rings. The Morgan fingerprint density at radius 3 is 2.76 bits per heavy atom. The van der Waals surface area contributed by atoms with Crippen LogP contribution in [-0.2, 0) is 9.47 Å². The summed E-state index contributed by atoms with van der Waals surface area (Å²) in [7, 11) is 0. The van der Waals surface area contributed by atoms with Gasteiger partial charge in [-0.25, -0.2) is 9.78 Å². The van der Waals surface area contributed by atoms with Crippen LogP contribution in [0.25, 0.3) is 5.65 Å². The normalized spacial score (nSPS) is 16.0. The lowest BCUT2D eigenvalue weighted by atomic mass is 10.1. The van der Waals surface area contributed by atoms with E-state index >= 15 is 0 Å². The molecule has 0 saturated carbocycles. The minimum absolute atomic E-state index is 0.257. The molecule has 1 aliphatic heterocycles. The van der Waals surface area contributed by atoms with E-state index in [9.17, 15) is 9.59 Å². The number of carbonyl (C=O) groups is 1. The summed E-state index contributed by atoms with van der Waals surface area (Å²) in [6, 6.07) is 2.72. The highest BCUT2D eigenvalue weighted by molar-refractivity contribution is 5.90. The third-order valence-corrected chi connectivity index (χ3v) is 4.11. The van der Waals surface area contributed by atoms with E-state index < -0.39 is 12.0 Å². The van der Waals surface area contributed by atoms with Gasteiger partial charge in [0.15, 0.2) is 0 Å². The Morgan fingerprint density at radius 2 is 2.12 bits per heavy atom. The van der Waals surface area contributed by atoms with Gasteiger partial charge in [0.05, 0.1) is 25.4 Å². The molecule has 1 atom stereocenters. The molecule has 0 amide bonds. The topological polar surface area (TPSA) is 99.2 Å². The van der Waals surface area contributed by atoms with E-state index in [-0.39, 0.29) is 17.7 Å². The number of nitrogens with two attached hydrogens (primary N) is 1. The third-order valence-electron chi connectivity index (χ3n) is 4.11. The molecule has 8 nitrogen and oxygen atoms in total. The van der Waals surface area contributed by atoms with Crippen molar-refractivity contribution in [2.24, 2.45) is 5.73 Å². The lowest BCUT2D eigenvalue weighted by Crippen LogP contribution is -2.37. The summed E-state index contributed by atoms with van der Waals surface area (Å²) in [4.78, 5) is 31.3. The molecule has 1 saturated heterocycles. The molecule has 0 spiro atoms. The van der Waals surface area contributed by atoms with Gasteiger partial charge >= 0.3 is 5.97 Å². The summed E-state index contributed by atoms with van der Waals surface area (Å²) < 4.78 is 11.7. The number of hydrogen-bond donors (Lipinski definition) is 1. The number of anilines is 1. The van der Waals surface area contributed by atoms with Crippen molar-refractivity contribution in [1.82, 2.24) is 9.38 Å². The van der Waals surface area contributed by atoms with E-state index in [1.807, 2.05) is 4.90 Å². The smallest absolute Gasteiger partial charge is 0.339 e. The Morgan fingerprint density at radius 1 is 1.40 bits per heavy atom. The maximum atomic E-state index is 12.6. The van der Waals surface area contributed by atoms with E-state index in [0.29, 0.717) is 43.3 Å². The van der Waals surface area contributed by atoms with E-state index in [0.717, 1.165) is 0 Å². The molecule has 1 fully saturated rings. The minimum atomic E-state index is -0.490. The van der Waals surface area contributed by atoms with Crippen molar-refractivity contribution < 1.29 is 14.3 Å². The number of pyridine rings is 1. The Balaban J connectivity index is 2.16. The van der Waals surface area contributed by atoms with Crippen LogP contribution in [0.4, 0.5) is 5.82 Å². The lowest BCUT2D eigenvalue weighted by Gasteiger charge is -2.28. The summed E-state index contributed by atoms with van der Waals surface area (Å²) >= 11 is 0. The van der Waals surface area contributed by atoms with Gasteiger partial charge in [-0.05, 0) is 19.9 Å². The first kappa shape index (κ1) is 17.4. The van der Waals surface area contributed by atoms with Crippen molar-refractivity contribution in [2.75, 3.05) is 37.8 Å². The molecule has 0 aromatic carbocycles. The molecular formula is C17H22N4O4. The number of fused-ring (bicyclic) bond motifs is 1. The van der Waals surface area contributed by atoms with Crippen LogP contribution in [0, 0.1) is 0 Å². The van der Waals surface area contributed by atoms with Crippen LogP contribution in [0.1, 0.15) is 35.8 Å². The van der Waals surface area contributed by atoms with E-state index in [1.165, 1.54) is 16.7 Å². The first-order valence-corrected chi connectivity index (χ1v) is 8.34. The number of aromatic nitrogens is 2. The molecule has 2 N–H and O–H groups in total. The van der Waals surface area contributed by atoms with Gasteiger partial charge in [0.25, 0.3) is 5.56 Å². The summed E-state index contributed by atoms with van der Waals surface area (Å²) in [5.74, 6) is 0.106. The zero-order chi connectivity index (χ0) is 18.0. The van der Waals surface area contributed by atoms with E-state index in [2.05, 4.69) is 4.98 Å². The predicted octanol–water partition coefficient (Wildman–Crippen LogP) is 0.728. The number of nitrogens with zero attached hydrogens (tertiary/aromatic N) is 3. The van der Waals surface area contributed by atoms with Crippen molar-refractivity contribution in [3.8, 4) is 0 Å². The predicted molar refractivity (Wildman–Crippen MR) is 93.1 cm³/mol. The Bertz CT molecular complexity index is 840. The lowest BCUT2D eigenvalue weighted by molar-refractivity contribution is 0.0525. The number of ether oxygens (including phenoxy) is 2. The average molecular weight is 346 g/mol. The molecule has 0 bridgehead atoms. The standard InChI is InChI=1S/C17H22N4O4/c1-3-25-17(23)12-8-13(11(2)18)16-19-14(9-15(22)21(16)10-12)20-4-6-24-7-5-20/h8-11H,3-7,18H2,1-2H3. The first-order valence-electron chi connectivity index (χ1n) is 8.34. The molecule has 0 radical (unpaired) electrons. The van der Waals surface area contributed by atoms with Gasteiger partial charge in [-0.2, -0.15) is 0 Å². The second-order valence-corrected chi connectivity index (χ2v) is 5.94. The third kappa shape index (κ3) is 3.49. The van der Waals surface area contributed by atoms with Crippen molar-refractivity contribution in [1.29, 1.82) is 0 Å². The highest BCUT2D eigenvalue weighted by Gasteiger charge is 2.19. The fourth-order valence-electron chi connectivity index (χ4n) is 2.83. The molecule has 8 heteroatoms. The fourth-order valence-corrected chi connectivity index (χ4v) is 2.83. The first-order chi connectivity index (χ1) is 12.0. The summed E-state index contributed by atoms with van der Waals surface area (Å²) in [6.07, 6.45) is 1.46. The van der Waals surface area contributed by atoms with Crippen molar-refractivity contribution in [2.45, 2.75) is 19.9 Å². The van der Waals surface area contributed by atoms with Gasteiger partial charge in [0.2, 0.25) is 0 Å². The SMILES string of the molecule is CCOC(=O)c1cc(C(C)N)c2nc(N3CCOCC3)cc(=O)n2c1. The number of hydrogen-bond acceptors (Lipinski definition) is 7. The van der Waals surface area contributed by atoms with Crippen molar-refractivity contribution in [3.63, 3.8) is 0 Å². The van der Waals surface area contributed by atoms with Gasteiger partial charge in [-0.15, -0.1) is 0 Å². The Kier molecular flexibility index (Phi) is 5.00. The van der Waals surface area contributed by atoms with Crippen LogP contribution in [0.5, 0.6) is 0 Å². The second kappa shape index (κ2) is 7.20. The molecule has 3 rings (SSSR count). The average Bonchev–Trinajstić information content (AvgIpc) is 2.61. The van der Waals surface area contributed by atoms with Gasteiger partial charge in [0.1, 0.15) is 11.5 Å². The second-order valence-electron chi connectivity index (χ2n) is 5.94. The van der Waals surface area contributed by atoms with Crippen LogP contribution >= 0.6 is 0 Å². The van der Waals surface area contributed by atoms with Gasteiger partial charge in [-0.1, -0.05) is 0 Å². The van der Waals surface area contributed by atoms with E-state index in [4.69, 9.17) is 15.2 Å². The molecule has 2 aromatic heterocycles. The van der Waals surface area contributed by atoms with Crippen LogP contribution in [0.2, 0.25) is 0 Å². The number of rotatable bonds is 4. The highest BCUT2D eigenvalue weighted by atomic mass is 16.5. The fraction of sp³-hybridized carbons (Fsp3) is 0.471. The quantitative estimate of drug-likeness (QED) is 0.815.